The molecule has 0 atom stereocenters. The van der Waals surface area contributed by atoms with Gasteiger partial charge in [-0.25, -0.2) is 9.80 Å². The van der Waals surface area contributed by atoms with E-state index in [-0.39, 0.29) is 6.03 Å². The first-order valence-electron chi connectivity index (χ1n) is 3.93. The normalized spacial score (nSPS) is 16.8. The number of amides is 2. The highest BCUT2D eigenvalue weighted by molar-refractivity contribution is 5.79. The Labute approximate surface area is 71.9 Å². The molecule has 2 amide bonds. The van der Waals surface area contributed by atoms with Gasteiger partial charge in [0.25, 0.3) is 0 Å². The second-order valence-electron chi connectivity index (χ2n) is 2.86. The van der Waals surface area contributed by atoms with E-state index in [1.807, 2.05) is 19.9 Å². The van der Waals surface area contributed by atoms with Crippen LogP contribution < -0.4 is 5.32 Å². The van der Waals surface area contributed by atoms with Gasteiger partial charge in [-0.3, -0.25) is 0 Å². The third kappa shape index (κ3) is 2.38. The minimum atomic E-state index is -0.117. The topological polar surface area (TPSA) is 44.7 Å². The molecule has 0 saturated carbocycles. The second kappa shape index (κ2) is 3.90. The first kappa shape index (κ1) is 8.77. The lowest BCUT2D eigenvalue weighted by atomic mass is 10.3. The molecule has 4 heteroatoms. The minimum absolute atomic E-state index is 0.117. The summed E-state index contributed by atoms with van der Waals surface area (Å²) in [5, 5.41) is 8.04. The Morgan fingerprint density at radius 3 is 2.92 bits per heavy atom. The lowest BCUT2D eigenvalue weighted by molar-refractivity contribution is 0.219. The van der Waals surface area contributed by atoms with Crippen LogP contribution in [0.15, 0.2) is 16.8 Å². The van der Waals surface area contributed by atoms with Gasteiger partial charge in [-0.05, 0) is 19.9 Å². The van der Waals surface area contributed by atoms with Gasteiger partial charge in [0, 0.05) is 12.8 Å². The van der Waals surface area contributed by atoms with E-state index in [4.69, 9.17) is 0 Å². The summed E-state index contributed by atoms with van der Waals surface area (Å²) in [6, 6.07) is -0.117. The predicted octanol–water partition coefficient (Wildman–Crippen LogP) is 0.964. The van der Waals surface area contributed by atoms with E-state index in [0.29, 0.717) is 13.1 Å². The van der Waals surface area contributed by atoms with E-state index < -0.39 is 0 Å². The predicted molar refractivity (Wildman–Crippen MR) is 48.0 cm³/mol. The monoisotopic (exact) mass is 167 g/mol. The number of urea groups is 1. The number of carbonyl (C=O) groups excluding carboxylic acids is 1. The van der Waals surface area contributed by atoms with E-state index in [9.17, 15) is 4.79 Å². The van der Waals surface area contributed by atoms with Crippen LogP contribution in [-0.4, -0.2) is 30.3 Å². The third-order valence-corrected chi connectivity index (χ3v) is 1.45. The highest BCUT2D eigenvalue weighted by atomic mass is 16.2. The van der Waals surface area contributed by atoms with Crippen molar-refractivity contribution in [2.45, 2.75) is 13.8 Å². The van der Waals surface area contributed by atoms with Crippen molar-refractivity contribution in [3.05, 3.63) is 11.6 Å². The number of carbonyl (C=O) groups is 1. The number of hydrazone groups is 1. The molecular weight excluding hydrogens is 154 g/mol. The molecular formula is C8H13N3O. The van der Waals surface area contributed by atoms with Crippen LogP contribution in [0.2, 0.25) is 0 Å². The summed E-state index contributed by atoms with van der Waals surface area (Å²) in [6.45, 7) is 5.31. The first-order valence-corrected chi connectivity index (χ1v) is 3.93. The molecule has 1 fully saturated rings. The van der Waals surface area contributed by atoms with Gasteiger partial charge in [0.05, 0.1) is 6.54 Å². The van der Waals surface area contributed by atoms with Crippen molar-refractivity contribution < 1.29 is 4.79 Å². The first-order chi connectivity index (χ1) is 5.70. The number of allylic oxidation sites excluding steroid dienone is 2. The number of rotatable bonds is 2. The number of hydrogen-bond acceptors (Lipinski definition) is 2. The molecule has 0 aromatic carbocycles. The van der Waals surface area contributed by atoms with Gasteiger partial charge < -0.3 is 5.32 Å². The zero-order valence-electron chi connectivity index (χ0n) is 7.37. The molecule has 1 saturated heterocycles. The SMILES string of the molecule is CC(C)=C/C=N/N1CCNC1=O. The molecule has 1 heterocycles. The molecule has 0 unspecified atom stereocenters. The maximum Gasteiger partial charge on any atom is 0.337 e. The Hall–Kier alpha value is -1.32. The Kier molecular flexibility index (Phi) is 2.85. The van der Waals surface area contributed by atoms with Crippen LogP contribution in [0.3, 0.4) is 0 Å². The maximum atomic E-state index is 10.9. The van der Waals surface area contributed by atoms with E-state index >= 15 is 0 Å². The van der Waals surface area contributed by atoms with E-state index in [0.717, 1.165) is 0 Å². The van der Waals surface area contributed by atoms with Crippen LogP contribution in [0.4, 0.5) is 4.79 Å². The summed E-state index contributed by atoms with van der Waals surface area (Å²) in [5.41, 5.74) is 1.17. The molecule has 1 aliphatic rings. The van der Waals surface area contributed by atoms with E-state index in [2.05, 4.69) is 10.4 Å². The van der Waals surface area contributed by atoms with Crippen LogP contribution in [0, 0.1) is 0 Å². The molecule has 0 aromatic rings. The molecule has 0 aromatic heterocycles. The average molecular weight is 167 g/mol. The zero-order chi connectivity index (χ0) is 8.97. The fourth-order valence-electron chi connectivity index (χ4n) is 0.835. The molecule has 0 radical (unpaired) electrons. The summed E-state index contributed by atoms with van der Waals surface area (Å²) < 4.78 is 0. The van der Waals surface area contributed by atoms with Gasteiger partial charge in [-0.15, -0.1) is 0 Å². The smallest absolute Gasteiger partial charge is 0.335 e. The van der Waals surface area contributed by atoms with Crippen molar-refractivity contribution in [1.82, 2.24) is 10.3 Å². The van der Waals surface area contributed by atoms with Crippen molar-refractivity contribution in [2.24, 2.45) is 5.10 Å². The summed E-state index contributed by atoms with van der Waals surface area (Å²) in [6.07, 6.45) is 3.51. The molecule has 4 nitrogen and oxygen atoms in total. The Bertz CT molecular complexity index is 228. The van der Waals surface area contributed by atoms with Crippen LogP contribution >= 0.6 is 0 Å². The van der Waals surface area contributed by atoms with Gasteiger partial charge >= 0.3 is 6.03 Å². The largest absolute Gasteiger partial charge is 0.337 e. The Morgan fingerprint density at radius 2 is 2.42 bits per heavy atom. The van der Waals surface area contributed by atoms with Gasteiger partial charge in [0.1, 0.15) is 0 Å². The minimum Gasteiger partial charge on any atom is -0.335 e. The fourth-order valence-corrected chi connectivity index (χ4v) is 0.835. The molecule has 0 aliphatic carbocycles. The molecule has 12 heavy (non-hydrogen) atoms. The summed E-state index contributed by atoms with van der Waals surface area (Å²) in [4.78, 5) is 10.9. The van der Waals surface area contributed by atoms with Gasteiger partial charge in [-0.1, -0.05) is 5.57 Å². The molecule has 1 aliphatic heterocycles. The zero-order valence-corrected chi connectivity index (χ0v) is 7.37. The molecule has 66 valence electrons. The van der Waals surface area contributed by atoms with Gasteiger partial charge in [0.15, 0.2) is 0 Å². The Morgan fingerprint density at radius 1 is 1.67 bits per heavy atom. The average Bonchev–Trinajstić information content (AvgIpc) is 2.36. The highest BCUT2D eigenvalue weighted by Gasteiger charge is 2.17. The van der Waals surface area contributed by atoms with Gasteiger partial charge in [0.2, 0.25) is 0 Å². The third-order valence-electron chi connectivity index (χ3n) is 1.45. The van der Waals surface area contributed by atoms with E-state index in [1.165, 1.54) is 10.6 Å². The number of hydrogen-bond donors (Lipinski definition) is 1. The molecule has 0 bridgehead atoms. The standard InChI is InChI=1S/C8H13N3O/c1-7(2)3-4-10-11-6-5-9-8(11)12/h3-4H,5-6H2,1-2H3,(H,9,12)/b10-4+. The van der Waals surface area contributed by atoms with Crippen molar-refractivity contribution in [2.75, 3.05) is 13.1 Å². The molecule has 0 spiro atoms. The lowest BCUT2D eigenvalue weighted by Crippen LogP contribution is -2.22. The van der Waals surface area contributed by atoms with Crippen LogP contribution in [0.5, 0.6) is 0 Å². The van der Waals surface area contributed by atoms with Crippen molar-refractivity contribution in [1.29, 1.82) is 0 Å². The summed E-state index contributed by atoms with van der Waals surface area (Å²) in [5.74, 6) is 0. The van der Waals surface area contributed by atoms with Crippen LogP contribution in [0.25, 0.3) is 0 Å². The highest BCUT2D eigenvalue weighted by Crippen LogP contribution is 1.96. The summed E-state index contributed by atoms with van der Waals surface area (Å²) >= 11 is 0. The number of nitrogens with zero attached hydrogens (tertiary/aromatic N) is 2. The maximum absolute atomic E-state index is 10.9. The van der Waals surface area contributed by atoms with Crippen molar-refractivity contribution in [3.63, 3.8) is 0 Å². The van der Waals surface area contributed by atoms with E-state index in [1.54, 1.807) is 6.21 Å². The van der Waals surface area contributed by atoms with Crippen LogP contribution in [-0.2, 0) is 0 Å². The quantitative estimate of drug-likeness (QED) is 0.612. The van der Waals surface area contributed by atoms with Crippen molar-refractivity contribution in [3.8, 4) is 0 Å². The molecule has 1 N–H and O–H groups in total. The fraction of sp³-hybridized carbons (Fsp3) is 0.500. The lowest BCUT2D eigenvalue weighted by Gasteiger charge is -2.03. The van der Waals surface area contributed by atoms with Crippen molar-refractivity contribution >= 4 is 12.2 Å². The molecule has 1 rings (SSSR count). The Balaban J connectivity index is 2.45. The van der Waals surface area contributed by atoms with Crippen LogP contribution in [0.1, 0.15) is 13.8 Å². The number of nitrogens with one attached hydrogen (secondary N) is 1. The summed E-state index contributed by atoms with van der Waals surface area (Å²) in [7, 11) is 0. The second-order valence-corrected chi connectivity index (χ2v) is 2.86. The van der Waals surface area contributed by atoms with Gasteiger partial charge in [-0.2, -0.15) is 5.10 Å².